The Kier molecular flexibility index (Phi) is 8.56. The highest BCUT2D eigenvalue weighted by Crippen LogP contribution is 2.42. The van der Waals surface area contributed by atoms with Gasteiger partial charge in [-0.05, 0) is 93.1 Å². The van der Waals surface area contributed by atoms with Crippen LogP contribution in [-0.2, 0) is 9.22 Å². The zero-order chi connectivity index (χ0) is 27.7. The molecular weight excluding hydrogens is 472 g/mol. The first kappa shape index (κ1) is 28.9. The maximum Gasteiger partial charge on any atom is 0.340 e. The highest BCUT2D eigenvalue weighted by Gasteiger charge is 2.45. The number of aryl methyl sites for hydroxylation is 6. The van der Waals surface area contributed by atoms with E-state index >= 15 is 0 Å². The van der Waals surface area contributed by atoms with Gasteiger partial charge in [0.1, 0.15) is 5.75 Å². The Balaban J connectivity index is 2.24. The van der Waals surface area contributed by atoms with Gasteiger partial charge in [0, 0.05) is 5.92 Å². The quantitative estimate of drug-likeness (QED) is 0.179. The lowest BCUT2D eigenvalue weighted by Crippen LogP contribution is -2.49. The van der Waals surface area contributed by atoms with Crippen LogP contribution < -0.4 is 4.74 Å². The number of carbonyl (C=O) groups is 1. The second kappa shape index (κ2) is 11.0. The summed E-state index contributed by atoms with van der Waals surface area (Å²) in [5.41, 5.74) is 8.77. The van der Waals surface area contributed by atoms with Crippen molar-refractivity contribution in [3.8, 4) is 5.75 Å². The van der Waals surface area contributed by atoms with E-state index in [1.54, 1.807) is 0 Å². The molecule has 0 spiro atoms. The summed E-state index contributed by atoms with van der Waals surface area (Å²) in [5.74, 6) is -0.00816. The molecule has 4 heteroatoms. The molecule has 0 radical (unpaired) electrons. The molecule has 37 heavy (non-hydrogen) atoms. The number of esters is 1. The molecule has 0 N–H and O–H groups in total. The molecule has 0 bridgehead atoms. The summed E-state index contributed by atoms with van der Waals surface area (Å²) in [6.45, 7) is 23.4. The van der Waals surface area contributed by atoms with Gasteiger partial charge in [-0.15, -0.1) is 0 Å². The minimum Gasteiger partial charge on any atom is -0.424 e. The third-order valence-corrected chi connectivity index (χ3v) is 12.2. The molecule has 0 unspecified atom stereocenters. The van der Waals surface area contributed by atoms with Crippen molar-refractivity contribution in [1.82, 2.24) is 0 Å². The van der Waals surface area contributed by atoms with Gasteiger partial charge in [-0.3, -0.25) is 0 Å². The number of rotatable bonds is 7. The zero-order valence-electron chi connectivity index (χ0n) is 24.6. The fraction of sp³-hybridized carbons (Fsp3) is 0.424. The van der Waals surface area contributed by atoms with Crippen LogP contribution in [0.4, 0.5) is 0 Å². The van der Waals surface area contributed by atoms with E-state index in [-0.39, 0.29) is 16.9 Å². The van der Waals surface area contributed by atoms with Crippen LogP contribution in [0.5, 0.6) is 5.75 Å². The molecule has 0 aliphatic rings. The van der Waals surface area contributed by atoms with Gasteiger partial charge >= 0.3 is 5.97 Å². The van der Waals surface area contributed by atoms with Crippen molar-refractivity contribution in [3.05, 3.63) is 99.1 Å². The molecule has 0 aliphatic carbocycles. The minimum absolute atomic E-state index is 0.0696. The van der Waals surface area contributed by atoms with Gasteiger partial charge in [0.25, 0.3) is 0 Å². The summed E-state index contributed by atoms with van der Waals surface area (Å²) in [6.07, 6.45) is -0.788. The van der Waals surface area contributed by atoms with Crippen molar-refractivity contribution in [1.29, 1.82) is 0 Å². The van der Waals surface area contributed by atoms with Crippen LogP contribution in [0.25, 0.3) is 0 Å². The van der Waals surface area contributed by atoms with Crippen molar-refractivity contribution >= 4 is 14.3 Å². The van der Waals surface area contributed by atoms with E-state index in [1.807, 2.05) is 32.0 Å². The van der Waals surface area contributed by atoms with E-state index in [1.165, 1.54) is 5.56 Å². The highest BCUT2D eigenvalue weighted by molar-refractivity contribution is 6.74. The summed E-state index contributed by atoms with van der Waals surface area (Å²) in [5, 5.41) is -0.0696. The first-order valence-electron chi connectivity index (χ1n) is 13.2. The molecule has 0 aromatic heterocycles. The molecule has 3 aromatic rings. The van der Waals surface area contributed by atoms with Crippen LogP contribution in [0, 0.1) is 41.5 Å². The van der Waals surface area contributed by atoms with Gasteiger partial charge in [-0.2, -0.15) is 0 Å². The summed E-state index contributed by atoms with van der Waals surface area (Å²) < 4.78 is 13.3. The molecule has 2 atom stereocenters. The van der Waals surface area contributed by atoms with Gasteiger partial charge in [-0.1, -0.05) is 86.5 Å². The monoisotopic (exact) mass is 516 g/mol. The van der Waals surface area contributed by atoms with Crippen molar-refractivity contribution in [2.45, 2.75) is 92.5 Å². The largest absolute Gasteiger partial charge is 0.424 e. The molecule has 0 saturated carbocycles. The number of carbonyl (C=O) groups excluding carboxylic acids is 1. The van der Waals surface area contributed by atoms with E-state index in [0.717, 1.165) is 38.9 Å². The predicted molar refractivity (Wildman–Crippen MR) is 157 cm³/mol. The Labute approximate surface area is 225 Å². The number of hydrogen-bond donors (Lipinski definition) is 0. The molecular formula is C33H44O3Si. The molecule has 0 aliphatic heterocycles. The SMILES string of the molecule is Cc1cc(C)c(OC(=O)[C@@H](O[Si](C)(C)C(C)(C)C)[C@H](c2ccccc2)c2c(C)cc(C)cc2C)c(C)c1. The lowest BCUT2D eigenvalue weighted by atomic mass is 9.81. The second-order valence-electron chi connectivity index (χ2n) is 12.1. The third kappa shape index (κ3) is 6.42. The van der Waals surface area contributed by atoms with Crippen molar-refractivity contribution < 1.29 is 14.0 Å². The third-order valence-electron chi connectivity index (χ3n) is 7.78. The predicted octanol–water partition coefficient (Wildman–Crippen LogP) is 8.67. The molecule has 0 heterocycles. The number of benzene rings is 3. The van der Waals surface area contributed by atoms with Crippen molar-refractivity contribution in [2.24, 2.45) is 0 Å². The van der Waals surface area contributed by atoms with Crippen LogP contribution in [-0.4, -0.2) is 20.4 Å². The summed E-state index contributed by atoms with van der Waals surface area (Å²) in [7, 11) is -2.36. The van der Waals surface area contributed by atoms with Crippen LogP contribution in [0.1, 0.15) is 71.2 Å². The Bertz CT molecular complexity index is 1220. The Hall–Kier alpha value is -2.69. The smallest absolute Gasteiger partial charge is 0.340 e. The lowest BCUT2D eigenvalue weighted by Gasteiger charge is -2.41. The molecule has 3 aromatic carbocycles. The molecule has 0 fully saturated rings. The van der Waals surface area contributed by atoms with Gasteiger partial charge in [0.05, 0.1) is 0 Å². The fourth-order valence-corrected chi connectivity index (χ4v) is 6.29. The maximum atomic E-state index is 14.3. The Morgan fingerprint density at radius 2 is 1.22 bits per heavy atom. The molecule has 198 valence electrons. The van der Waals surface area contributed by atoms with Crippen LogP contribution >= 0.6 is 0 Å². The van der Waals surface area contributed by atoms with Gasteiger partial charge in [0.15, 0.2) is 14.4 Å². The Morgan fingerprint density at radius 3 is 1.68 bits per heavy atom. The minimum atomic E-state index is -2.36. The van der Waals surface area contributed by atoms with Gasteiger partial charge in [0.2, 0.25) is 0 Å². The van der Waals surface area contributed by atoms with E-state index in [0.29, 0.717) is 5.75 Å². The average molecular weight is 517 g/mol. The van der Waals surface area contributed by atoms with Gasteiger partial charge < -0.3 is 9.16 Å². The Morgan fingerprint density at radius 1 is 0.757 bits per heavy atom. The number of hydrogen-bond acceptors (Lipinski definition) is 3. The van der Waals surface area contributed by atoms with Crippen molar-refractivity contribution in [2.75, 3.05) is 0 Å². The first-order valence-corrected chi connectivity index (χ1v) is 16.1. The summed E-state index contributed by atoms with van der Waals surface area (Å²) in [4.78, 5) is 14.3. The summed E-state index contributed by atoms with van der Waals surface area (Å²) >= 11 is 0. The van der Waals surface area contributed by atoms with E-state index in [9.17, 15) is 4.79 Å². The zero-order valence-corrected chi connectivity index (χ0v) is 25.6. The maximum absolute atomic E-state index is 14.3. The second-order valence-corrected chi connectivity index (χ2v) is 16.9. The molecule has 0 saturated heterocycles. The van der Waals surface area contributed by atoms with Crippen LogP contribution in [0.15, 0.2) is 54.6 Å². The standard InChI is InChI=1S/C33H44O3Si/c1-21-17-23(3)28(24(4)18-21)29(27-15-13-12-14-16-27)31(36-37(10,11)33(7,8)9)32(34)35-30-25(5)19-22(2)20-26(30)6/h12-20,29,31H,1-11H3/t29-,31+/m1/s1. The van der Waals surface area contributed by atoms with E-state index < -0.39 is 14.4 Å². The topological polar surface area (TPSA) is 35.5 Å². The van der Waals surface area contributed by atoms with E-state index in [2.05, 4.69) is 98.0 Å². The van der Waals surface area contributed by atoms with Crippen molar-refractivity contribution in [3.63, 3.8) is 0 Å². The van der Waals surface area contributed by atoms with Crippen LogP contribution in [0.2, 0.25) is 18.1 Å². The normalized spacial score (nSPS) is 13.8. The van der Waals surface area contributed by atoms with E-state index in [4.69, 9.17) is 9.16 Å². The fourth-order valence-electron chi connectivity index (χ4n) is 5.07. The van der Waals surface area contributed by atoms with Crippen LogP contribution in [0.3, 0.4) is 0 Å². The summed E-state index contributed by atoms with van der Waals surface area (Å²) in [6, 6.07) is 18.8. The molecule has 3 nitrogen and oxygen atoms in total. The number of ether oxygens (including phenoxy) is 1. The molecule has 3 rings (SSSR count). The molecule has 0 amide bonds. The average Bonchev–Trinajstić information content (AvgIpc) is 2.77. The lowest BCUT2D eigenvalue weighted by molar-refractivity contribution is -0.143. The highest BCUT2D eigenvalue weighted by atomic mass is 28.4. The van der Waals surface area contributed by atoms with Gasteiger partial charge in [-0.25, -0.2) is 4.79 Å². The first-order chi connectivity index (χ1) is 17.1.